The number of unbranched alkanes of at least 4 members (excludes halogenated alkanes) is 1. The molecule has 172 valence electrons. The first-order valence-corrected chi connectivity index (χ1v) is 11.7. The molecule has 0 fully saturated rings. The quantitative estimate of drug-likeness (QED) is 0.312. The van der Waals surface area contributed by atoms with Gasteiger partial charge in [-0.2, -0.15) is 0 Å². The van der Waals surface area contributed by atoms with Crippen LogP contribution in [0.2, 0.25) is 0 Å². The molecule has 1 aromatic carbocycles. The van der Waals surface area contributed by atoms with Crippen molar-refractivity contribution in [1.29, 1.82) is 0 Å². The standard InChI is InChI=1S/C26H47N2O2/c1-20(2)17-27(18-21(3)4)26(29)19-28(8,9)14-10-11-15-30-25-16-23(7)12-13-24(25)22(5)6/h12-13,16,20-22H,10-11,14-15,17-19H2,1-9H3/q+1. The lowest BCUT2D eigenvalue weighted by molar-refractivity contribution is -0.883. The first-order chi connectivity index (χ1) is 13.9. The fraction of sp³-hybridized carbons (Fsp3) is 0.731. The van der Waals surface area contributed by atoms with Crippen LogP contribution in [0.25, 0.3) is 0 Å². The van der Waals surface area contributed by atoms with Crippen molar-refractivity contribution in [2.24, 2.45) is 11.8 Å². The monoisotopic (exact) mass is 419 g/mol. The van der Waals surface area contributed by atoms with Crippen molar-refractivity contribution >= 4 is 5.91 Å². The minimum absolute atomic E-state index is 0.278. The van der Waals surface area contributed by atoms with E-state index in [1.165, 1.54) is 11.1 Å². The first kappa shape index (κ1) is 26.5. The number of hydrogen-bond acceptors (Lipinski definition) is 2. The van der Waals surface area contributed by atoms with Gasteiger partial charge in [0.2, 0.25) is 0 Å². The predicted octanol–water partition coefficient (Wildman–Crippen LogP) is 5.49. The van der Waals surface area contributed by atoms with Crippen molar-refractivity contribution in [1.82, 2.24) is 4.90 Å². The summed E-state index contributed by atoms with van der Waals surface area (Å²) in [7, 11) is 4.33. The lowest BCUT2D eigenvalue weighted by Gasteiger charge is -2.33. The van der Waals surface area contributed by atoms with Gasteiger partial charge in [0.25, 0.3) is 5.91 Å². The Labute approximate surface area is 186 Å². The number of quaternary nitrogens is 1. The summed E-state index contributed by atoms with van der Waals surface area (Å²) in [6.45, 7) is 19.2. The van der Waals surface area contributed by atoms with Crippen molar-refractivity contribution in [2.75, 3.05) is 46.9 Å². The number of nitrogens with zero attached hydrogens (tertiary/aromatic N) is 2. The Kier molecular flexibility index (Phi) is 10.9. The van der Waals surface area contributed by atoms with Gasteiger partial charge in [0.05, 0.1) is 27.2 Å². The fourth-order valence-electron chi connectivity index (χ4n) is 3.77. The maximum Gasteiger partial charge on any atom is 0.277 e. The van der Waals surface area contributed by atoms with Crippen LogP contribution in [0.3, 0.4) is 0 Å². The third kappa shape index (κ3) is 9.97. The number of ether oxygens (including phenoxy) is 1. The molecule has 1 amide bonds. The number of carbonyl (C=O) groups excluding carboxylic acids is 1. The van der Waals surface area contributed by atoms with E-state index in [0.717, 1.165) is 49.3 Å². The van der Waals surface area contributed by atoms with Gasteiger partial charge in [-0.25, -0.2) is 0 Å². The summed E-state index contributed by atoms with van der Waals surface area (Å²) in [6, 6.07) is 6.48. The summed E-state index contributed by atoms with van der Waals surface area (Å²) in [6.07, 6.45) is 2.06. The highest BCUT2D eigenvalue weighted by Gasteiger charge is 2.25. The summed E-state index contributed by atoms with van der Waals surface area (Å²) in [5.41, 5.74) is 2.51. The molecular formula is C26H47N2O2+. The molecule has 0 heterocycles. The average molecular weight is 420 g/mol. The lowest BCUT2D eigenvalue weighted by atomic mass is 10.0. The van der Waals surface area contributed by atoms with Crippen molar-refractivity contribution < 1.29 is 14.0 Å². The van der Waals surface area contributed by atoms with Crippen LogP contribution in [0.5, 0.6) is 5.75 Å². The van der Waals surface area contributed by atoms with Crippen molar-refractivity contribution in [3.05, 3.63) is 29.3 Å². The van der Waals surface area contributed by atoms with Gasteiger partial charge in [-0.1, -0.05) is 53.7 Å². The van der Waals surface area contributed by atoms with Crippen LogP contribution in [-0.4, -0.2) is 62.2 Å². The Hall–Kier alpha value is -1.55. The van der Waals surface area contributed by atoms with Crippen LogP contribution in [-0.2, 0) is 4.79 Å². The zero-order valence-corrected chi connectivity index (χ0v) is 21.1. The van der Waals surface area contributed by atoms with Crippen molar-refractivity contribution in [3.8, 4) is 5.75 Å². The van der Waals surface area contributed by atoms with E-state index in [1.807, 2.05) is 0 Å². The molecule has 0 aliphatic carbocycles. The average Bonchev–Trinajstić information content (AvgIpc) is 2.59. The van der Waals surface area contributed by atoms with E-state index < -0.39 is 0 Å². The van der Waals surface area contributed by atoms with Gasteiger partial charge < -0.3 is 14.1 Å². The molecule has 1 rings (SSSR count). The molecule has 4 heteroatoms. The Morgan fingerprint density at radius 2 is 1.60 bits per heavy atom. The van der Waals surface area contributed by atoms with Crippen molar-refractivity contribution in [3.63, 3.8) is 0 Å². The van der Waals surface area contributed by atoms with E-state index in [1.54, 1.807) is 0 Å². The number of aryl methyl sites for hydroxylation is 1. The number of likely N-dealkylation sites (N-methyl/N-ethyl adjacent to an activating group) is 1. The van der Waals surface area contributed by atoms with E-state index in [2.05, 4.69) is 85.7 Å². The highest BCUT2D eigenvalue weighted by atomic mass is 16.5. The summed E-state index contributed by atoms with van der Waals surface area (Å²) >= 11 is 0. The molecule has 0 unspecified atom stereocenters. The summed E-state index contributed by atoms with van der Waals surface area (Å²) in [5.74, 6) is 2.75. The second kappa shape index (κ2) is 12.3. The van der Waals surface area contributed by atoms with E-state index in [4.69, 9.17) is 4.74 Å². The third-order valence-electron chi connectivity index (χ3n) is 5.29. The maximum absolute atomic E-state index is 12.9. The van der Waals surface area contributed by atoms with Gasteiger partial charge >= 0.3 is 0 Å². The Balaban J connectivity index is 2.50. The van der Waals surface area contributed by atoms with E-state index >= 15 is 0 Å². The molecule has 0 aromatic heterocycles. The minimum atomic E-state index is 0.278. The Morgan fingerprint density at radius 3 is 2.13 bits per heavy atom. The number of benzene rings is 1. The zero-order valence-electron chi connectivity index (χ0n) is 21.1. The number of amides is 1. The smallest absolute Gasteiger partial charge is 0.277 e. The Morgan fingerprint density at radius 1 is 1.00 bits per heavy atom. The SMILES string of the molecule is Cc1ccc(C(C)C)c(OCCCC[N+](C)(C)CC(=O)N(CC(C)C)CC(C)C)c1. The largest absolute Gasteiger partial charge is 0.493 e. The van der Waals surface area contributed by atoms with Crippen LogP contribution < -0.4 is 4.74 Å². The van der Waals surface area contributed by atoms with Gasteiger partial charge in [-0.3, -0.25) is 4.79 Å². The number of rotatable bonds is 13. The van der Waals surface area contributed by atoms with Crippen molar-refractivity contribution in [2.45, 2.75) is 67.2 Å². The molecule has 0 spiro atoms. The van der Waals surface area contributed by atoms with Crippen LogP contribution in [0.4, 0.5) is 0 Å². The van der Waals surface area contributed by atoms with Crippen LogP contribution in [0, 0.1) is 18.8 Å². The summed E-state index contributed by atoms with van der Waals surface area (Å²) < 4.78 is 6.85. The molecule has 0 N–H and O–H groups in total. The molecule has 30 heavy (non-hydrogen) atoms. The van der Waals surface area contributed by atoms with Gasteiger partial charge in [0, 0.05) is 13.1 Å². The molecule has 0 aliphatic rings. The molecule has 0 atom stereocenters. The van der Waals surface area contributed by atoms with Gasteiger partial charge in [-0.15, -0.1) is 0 Å². The molecule has 4 nitrogen and oxygen atoms in total. The minimum Gasteiger partial charge on any atom is -0.493 e. The predicted molar refractivity (Wildman–Crippen MR) is 128 cm³/mol. The molecule has 1 aromatic rings. The summed E-state index contributed by atoms with van der Waals surface area (Å²) in [5, 5.41) is 0. The molecule has 0 saturated carbocycles. The molecule has 0 saturated heterocycles. The number of carbonyl (C=O) groups is 1. The highest BCUT2D eigenvalue weighted by Crippen LogP contribution is 2.27. The highest BCUT2D eigenvalue weighted by molar-refractivity contribution is 5.77. The second-order valence-electron chi connectivity index (χ2n) is 10.7. The van der Waals surface area contributed by atoms with E-state index in [9.17, 15) is 4.79 Å². The van der Waals surface area contributed by atoms with Crippen LogP contribution >= 0.6 is 0 Å². The molecule has 0 radical (unpaired) electrons. The second-order valence-corrected chi connectivity index (χ2v) is 10.7. The zero-order chi connectivity index (χ0) is 22.9. The van der Waals surface area contributed by atoms with Gasteiger partial charge in [0.1, 0.15) is 5.75 Å². The van der Waals surface area contributed by atoms with Gasteiger partial charge in [-0.05, 0) is 54.7 Å². The summed E-state index contributed by atoms with van der Waals surface area (Å²) in [4.78, 5) is 15.0. The fourth-order valence-corrected chi connectivity index (χ4v) is 3.77. The molecular weight excluding hydrogens is 372 g/mol. The first-order valence-electron chi connectivity index (χ1n) is 11.7. The van der Waals surface area contributed by atoms with Crippen LogP contribution in [0.15, 0.2) is 18.2 Å². The lowest BCUT2D eigenvalue weighted by Crippen LogP contribution is -2.50. The normalized spacial score (nSPS) is 12.1. The van der Waals surface area contributed by atoms with E-state index in [0.29, 0.717) is 24.3 Å². The van der Waals surface area contributed by atoms with E-state index in [-0.39, 0.29) is 5.91 Å². The number of hydrogen-bond donors (Lipinski definition) is 0. The molecule has 0 aliphatic heterocycles. The van der Waals surface area contributed by atoms with Crippen LogP contribution in [0.1, 0.15) is 71.4 Å². The Bertz CT molecular complexity index is 640. The molecule has 0 bridgehead atoms. The van der Waals surface area contributed by atoms with Gasteiger partial charge in [0.15, 0.2) is 6.54 Å². The topological polar surface area (TPSA) is 29.5 Å². The maximum atomic E-state index is 12.9. The third-order valence-corrected chi connectivity index (χ3v) is 5.29.